The molecule has 4 aromatic rings. The number of fused-ring (bicyclic) bond motifs is 3. The molecule has 1 fully saturated rings. The van der Waals surface area contributed by atoms with Crippen molar-refractivity contribution in [2.45, 2.75) is 19.4 Å². The third kappa shape index (κ3) is 2.94. The number of rotatable bonds is 4. The Labute approximate surface area is 156 Å². The molecule has 4 aromatic heterocycles. The van der Waals surface area contributed by atoms with Crippen LogP contribution in [0.4, 0.5) is 0 Å². The summed E-state index contributed by atoms with van der Waals surface area (Å²) in [6.45, 7) is 4.36. The molecule has 0 unspecified atom stereocenters. The van der Waals surface area contributed by atoms with Gasteiger partial charge in [0.25, 0.3) is 0 Å². The van der Waals surface area contributed by atoms with E-state index in [-0.39, 0.29) is 0 Å². The molecule has 1 saturated heterocycles. The molecule has 5 rings (SSSR count). The Kier molecular flexibility index (Phi) is 3.84. The van der Waals surface area contributed by atoms with E-state index in [1.807, 2.05) is 17.1 Å². The van der Waals surface area contributed by atoms with Crippen molar-refractivity contribution >= 4 is 21.9 Å². The van der Waals surface area contributed by atoms with Crippen molar-refractivity contribution in [3.05, 3.63) is 42.6 Å². The van der Waals surface area contributed by atoms with Gasteiger partial charge in [0, 0.05) is 40.8 Å². The lowest BCUT2D eigenvalue weighted by Gasteiger charge is -2.13. The van der Waals surface area contributed by atoms with E-state index in [2.05, 4.69) is 43.3 Å². The van der Waals surface area contributed by atoms with Gasteiger partial charge in [-0.2, -0.15) is 10.4 Å². The molecular formula is C20H19N7. The van der Waals surface area contributed by atoms with Crippen molar-refractivity contribution in [1.29, 1.82) is 5.26 Å². The summed E-state index contributed by atoms with van der Waals surface area (Å²) < 4.78 is 2.00. The molecule has 0 amide bonds. The molecule has 1 N–H and O–H groups in total. The van der Waals surface area contributed by atoms with E-state index in [4.69, 9.17) is 5.26 Å². The second kappa shape index (κ2) is 6.49. The summed E-state index contributed by atoms with van der Waals surface area (Å²) in [7, 11) is 0. The lowest BCUT2D eigenvalue weighted by atomic mass is 10.1. The Morgan fingerprint density at radius 2 is 1.89 bits per heavy atom. The highest BCUT2D eigenvalue weighted by atomic mass is 15.3. The van der Waals surface area contributed by atoms with Gasteiger partial charge in [-0.1, -0.05) is 0 Å². The van der Waals surface area contributed by atoms with Crippen LogP contribution in [-0.2, 0) is 6.54 Å². The molecule has 0 saturated carbocycles. The first-order valence-corrected chi connectivity index (χ1v) is 9.23. The fourth-order valence-electron chi connectivity index (χ4n) is 3.78. The summed E-state index contributed by atoms with van der Waals surface area (Å²) in [6.07, 6.45) is 10.1. The minimum atomic E-state index is 0.406. The molecule has 1 aliphatic heterocycles. The Bertz CT molecular complexity index is 1160. The fraction of sp³-hybridized carbons (Fsp3) is 0.300. The van der Waals surface area contributed by atoms with Crippen LogP contribution in [0.2, 0.25) is 0 Å². The lowest BCUT2D eigenvalue weighted by molar-refractivity contribution is 0.316. The maximum absolute atomic E-state index is 9.12. The number of likely N-dealkylation sites (tertiary alicyclic amines) is 1. The van der Waals surface area contributed by atoms with E-state index in [1.165, 1.54) is 25.9 Å². The van der Waals surface area contributed by atoms with Crippen molar-refractivity contribution in [3.8, 4) is 17.2 Å². The van der Waals surface area contributed by atoms with Gasteiger partial charge in [-0.05, 0) is 38.1 Å². The van der Waals surface area contributed by atoms with Crippen molar-refractivity contribution in [3.63, 3.8) is 0 Å². The fourth-order valence-corrected chi connectivity index (χ4v) is 3.78. The first kappa shape index (κ1) is 16.0. The van der Waals surface area contributed by atoms with Crippen LogP contribution in [-0.4, -0.2) is 49.3 Å². The first-order chi connectivity index (χ1) is 13.3. The number of aromatic nitrogens is 5. The van der Waals surface area contributed by atoms with Crippen molar-refractivity contribution < 1.29 is 0 Å². The number of nitriles is 1. The molecule has 7 nitrogen and oxygen atoms in total. The molecule has 0 spiro atoms. The predicted molar refractivity (Wildman–Crippen MR) is 103 cm³/mol. The summed E-state index contributed by atoms with van der Waals surface area (Å²) in [6, 6.07) is 6.00. The molecule has 134 valence electrons. The van der Waals surface area contributed by atoms with E-state index in [0.29, 0.717) is 5.69 Å². The number of aromatic amines is 1. The Morgan fingerprint density at radius 1 is 1.00 bits per heavy atom. The number of H-pyrrole nitrogens is 1. The van der Waals surface area contributed by atoms with Crippen LogP contribution in [0.3, 0.4) is 0 Å². The van der Waals surface area contributed by atoms with Crippen molar-refractivity contribution in [1.82, 2.24) is 29.6 Å². The third-order valence-electron chi connectivity index (χ3n) is 5.26. The highest BCUT2D eigenvalue weighted by molar-refractivity contribution is 6.06. The van der Waals surface area contributed by atoms with Crippen LogP contribution in [0.15, 0.2) is 36.9 Å². The van der Waals surface area contributed by atoms with Gasteiger partial charge in [0.05, 0.1) is 24.5 Å². The maximum Gasteiger partial charge on any atom is 0.141 e. The molecule has 0 aromatic carbocycles. The summed E-state index contributed by atoms with van der Waals surface area (Å²) >= 11 is 0. The standard InChI is InChI=1S/C20H19N7/c21-9-16-8-17-18-7-14(10-23-20(18)25-19(17)12-22-16)15-11-24-27(13-15)6-5-26-3-1-2-4-26/h7-8,10-13H,1-6H2,(H,23,25). The minimum absolute atomic E-state index is 0.406. The number of nitrogens with one attached hydrogen (secondary N) is 1. The average molecular weight is 357 g/mol. The van der Waals surface area contributed by atoms with Crippen molar-refractivity contribution in [2.75, 3.05) is 19.6 Å². The highest BCUT2D eigenvalue weighted by Gasteiger charge is 2.12. The van der Waals surface area contributed by atoms with Crippen LogP contribution in [0.5, 0.6) is 0 Å². The zero-order chi connectivity index (χ0) is 18.2. The zero-order valence-corrected chi connectivity index (χ0v) is 14.9. The van der Waals surface area contributed by atoms with Gasteiger partial charge in [-0.25, -0.2) is 9.97 Å². The minimum Gasteiger partial charge on any atom is -0.338 e. The van der Waals surface area contributed by atoms with Crippen LogP contribution < -0.4 is 0 Å². The molecule has 0 atom stereocenters. The van der Waals surface area contributed by atoms with Gasteiger partial charge in [-0.15, -0.1) is 0 Å². The summed E-state index contributed by atoms with van der Waals surface area (Å²) in [5, 5.41) is 15.6. The zero-order valence-electron chi connectivity index (χ0n) is 14.9. The van der Waals surface area contributed by atoms with E-state index in [0.717, 1.165) is 46.2 Å². The predicted octanol–water partition coefficient (Wildman–Crippen LogP) is 2.94. The average Bonchev–Trinajstić information content (AvgIpc) is 3.44. The first-order valence-electron chi connectivity index (χ1n) is 9.23. The van der Waals surface area contributed by atoms with E-state index >= 15 is 0 Å². The van der Waals surface area contributed by atoms with Gasteiger partial charge < -0.3 is 9.88 Å². The van der Waals surface area contributed by atoms with Gasteiger partial charge >= 0.3 is 0 Å². The second-order valence-electron chi connectivity index (χ2n) is 7.01. The Morgan fingerprint density at radius 3 is 2.74 bits per heavy atom. The number of hydrogen-bond acceptors (Lipinski definition) is 5. The summed E-state index contributed by atoms with van der Waals surface area (Å²) in [5.41, 5.74) is 4.16. The number of pyridine rings is 2. The monoisotopic (exact) mass is 357 g/mol. The lowest BCUT2D eigenvalue weighted by Crippen LogP contribution is -2.24. The normalized spacial score (nSPS) is 14.9. The molecule has 1 aliphatic rings. The Balaban J connectivity index is 1.46. The molecule has 0 bridgehead atoms. The topological polar surface area (TPSA) is 86.4 Å². The molecule has 0 radical (unpaired) electrons. The van der Waals surface area contributed by atoms with Gasteiger partial charge in [0.15, 0.2) is 0 Å². The number of hydrogen-bond donors (Lipinski definition) is 1. The molecular weight excluding hydrogens is 338 g/mol. The van der Waals surface area contributed by atoms with Gasteiger partial charge in [0.2, 0.25) is 0 Å². The van der Waals surface area contributed by atoms with Crippen LogP contribution in [0.1, 0.15) is 18.5 Å². The molecule has 0 aliphatic carbocycles. The summed E-state index contributed by atoms with van der Waals surface area (Å²) in [5.74, 6) is 0. The maximum atomic E-state index is 9.12. The third-order valence-corrected chi connectivity index (χ3v) is 5.26. The highest BCUT2D eigenvalue weighted by Crippen LogP contribution is 2.28. The van der Waals surface area contributed by atoms with Gasteiger partial charge in [-0.3, -0.25) is 4.68 Å². The van der Waals surface area contributed by atoms with Crippen LogP contribution in [0.25, 0.3) is 33.1 Å². The SMILES string of the molecule is N#Cc1cc2c(cn1)[nH]c1ncc(-c3cnn(CCN4CCCC4)c3)cc12. The van der Waals surface area contributed by atoms with Gasteiger partial charge in [0.1, 0.15) is 17.4 Å². The van der Waals surface area contributed by atoms with E-state index < -0.39 is 0 Å². The molecule has 7 heteroatoms. The van der Waals surface area contributed by atoms with E-state index in [9.17, 15) is 0 Å². The number of nitrogens with zero attached hydrogens (tertiary/aromatic N) is 6. The van der Waals surface area contributed by atoms with E-state index in [1.54, 1.807) is 12.3 Å². The largest absolute Gasteiger partial charge is 0.338 e. The molecule has 5 heterocycles. The Hall–Kier alpha value is -3.24. The smallest absolute Gasteiger partial charge is 0.141 e. The summed E-state index contributed by atoms with van der Waals surface area (Å²) in [4.78, 5) is 14.4. The van der Waals surface area contributed by atoms with Crippen molar-refractivity contribution in [2.24, 2.45) is 0 Å². The van der Waals surface area contributed by atoms with Crippen LogP contribution >= 0.6 is 0 Å². The second-order valence-corrected chi connectivity index (χ2v) is 7.01. The molecule has 27 heavy (non-hydrogen) atoms. The van der Waals surface area contributed by atoms with Crippen LogP contribution in [0, 0.1) is 11.3 Å². The quantitative estimate of drug-likeness (QED) is 0.607.